The molecule has 88 valence electrons. The molecule has 0 aliphatic heterocycles. The zero-order chi connectivity index (χ0) is 12.4. The van der Waals surface area contributed by atoms with Gasteiger partial charge in [-0.25, -0.2) is 4.98 Å². The molecule has 3 nitrogen and oxygen atoms in total. The highest BCUT2D eigenvalue weighted by Gasteiger charge is 2.13. The van der Waals surface area contributed by atoms with Crippen molar-refractivity contribution in [2.45, 2.75) is 13.3 Å². The highest BCUT2D eigenvalue weighted by atomic mass is 35.5. The first-order chi connectivity index (χ1) is 8.06. The van der Waals surface area contributed by atoms with E-state index < -0.39 is 5.97 Å². The second kappa shape index (κ2) is 4.85. The molecule has 0 unspecified atom stereocenters. The highest BCUT2D eigenvalue weighted by Crippen LogP contribution is 2.31. The van der Waals surface area contributed by atoms with Crippen molar-refractivity contribution in [1.29, 1.82) is 0 Å². The predicted octanol–water partition coefficient (Wildman–Crippen LogP) is 3.40. The van der Waals surface area contributed by atoms with E-state index in [-0.39, 0.29) is 11.6 Å². The van der Waals surface area contributed by atoms with Crippen LogP contribution < -0.4 is 0 Å². The maximum atomic E-state index is 10.6. The minimum absolute atomic E-state index is 0.0810. The van der Waals surface area contributed by atoms with Gasteiger partial charge >= 0.3 is 5.97 Å². The largest absolute Gasteiger partial charge is 0.481 e. The zero-order valence-corrected chi connectivity index (χ0v) is 10.7. The number of thiazole rings is 1. The molecule has 1 heterocycles. The molecule has 0 saturated heterocycles. The third-order valence-electron chi connectivity index (χ3n) is 2.26. The van der Waals surface area contributed by atoms with E-state index in [0.29, 0.717) is 4.88 Å². The number of halogens is 1. The van der Waals surface area contributed by atoms with E-state index in [4.69, 9.17) is 16.7 Å². The lowest BCUT2D eigenvalue weighted by Gasteiger charge is -1.96. The normalized spacial score (nSPS) is 10.5. The summed E-state index contributed by atoms with van der Waals surface area (Å²) in [5.74, 6) is -0.897. The van der Waals surface area contributed by atoms with Crippen molar-refractivity contribution < 1.29 is 9.90 Å². The molecule has 0 amide bonds. The van der Waals surface area contributed by atoms with Crippen LogP contribution in [0.5, 0.6) is 0 Å². The molecule has 5 heteroatoms. The molecule has 0 saturated carbocycles. The number of rotatable bonds is 3. The number of nitrogens with zero attached hydrogens (tertiary/aromatic N) is 1. The number of hydrogen-bond acceptors (Lipinski definition) is 3. The average molecular weight is 268 g/mol. The van der Waals surface area contributed by atoms with Crippen LogP contribution in [0, 0.1) is 6.92 Å². The first-order valence-corrected chi connectivity index (χ1v) is 6.20. The lowest BCUT2D eigenvalue weighted by molar-refractivity contribution is -0.136. The molecule has 1 aromatic carbocycles. The Morgan fingerprint density at radius 3 is 2.65 bits per heavy atom. The summed E-state index contributed by atoms with van der Waals surface area (Å²) in [4.78, 5) is 15.4. The topological polar surface area (TPSA) is 50.2 Å². The number of carboxylic acid groups (broad SMARTS) is 1. The van der Waals surface area contributed by atoms with Gasteiger partial charge in [-0.05, 0) is 6.92 Å². The van der Waals surface area contributed by atoms with Gasteiger partial charge in [0, 0.05) is 5.56 Å². The van der Waals surface area contributed by atoms with Gasteiger partial charge in [0.15, 0.2) is 0 Å². The van der Waals surface area contributed by atoms with Gasteiger partial charge in [0.25, 0.3) is 0 Å². The molecule has 0 aliphatic rings. The summed E-state index contributed by atoms with van der Waals surface area (Å²) in [5, 5.41) is 9.77. The van der Waals surface area contributed by atoms with Gasteiger partial charge in [0.05, 0.1) is 11.3 Å². The lowest BCUT2D eigenvalue weighted by Crippen LogP contribution is -1.97. The van der Waals surface area contributed by atoms with Crippen molar-refractivity contribution in [3.05, 3.63) is 39.9 Å². The average Bonchev–Trinajstić information content (AvgIpc) is 2.60. The van der Waals surface area contributed by atoms with Crippen molar-refractivity contribution in [2.75, 3.05) is 0 Å². The molecule has 0 aliphatic carbocycles. The van der Waals surface area contributed by atoms with Crippen LogP contribution in [0.2, 0.25) is 5.15 Å². The van der Waals surface area contributed by atoms with Gasteiger partial charge in [0.2, 0.25) is 0 Å². The number of carbonyl (C=O) groups is 1. The van der Waals surface area contributed by atoms with Crippen LogP contribution in [0.25, 0.3) is 10.6 Å². The van der Waals surface area contributed by atoms with Crippen LogP contribution in [0.4, 0.5) is 0 Å². The van der Waals surface area contributed by atoms with Crippen molar-refractivity contribution in [2.24, 2.45) is 0 Å². The van der Waals surface area contributed by atoms with Gasteiger partial charge in [-0.1, -0.05) is 41.4 Å². The predicted molar refractivity (Wildman–Crippen MR) is 68.6 cm³/mol. The van der Waals surface area contributed by atoms with Crippen LogP contribution in [0.15, 0.2) is 24.3 Å². The lowest BCUT2D eigenvalue weighted by atomic mass is 10.2. The third-order valence-corrected chi connectivity index (χ3v) is 3.79. The molecule has 0 radical (unpaired) electrons. The monoisotopic (exact) mass is 267 g/mol. The van der Waals surface area contributed by atoms with E-state index in [1.54, 1.807) is 0 Å². The molecular weight excluding hydrogens is 258 g/mol. The van der Waals surface area contributed by atoms with Gasteiger partial charge in [-0.2, -0.15) is 0 Å². The molecule has 2 aromatic rings. The number of aliphatic carboxylic acids is 1. The van der Waals surface area contributed by atoms with Crippen LogP contribution in [0.3, 0.4) is 0 Å². The second-order valence-corrected chi connectivity index (χ2v) is 5.11. The van der Waals surface area contributed by atoms with E-state index in [9.17, 15) is 4.79 Å². The fourth-order valence-corrected chi connectivity index (χ4v) is 2.67. The molecular formula is C12H10ClNO2S. The number of aryl methyl sites for hydroxylation is 1. The zero-order valence-electron chi connectivity index (χ0n) is 9.11. The minimum Gasteiger partial charge on any atom is -0.481 e. The quantitative estimate of drug-likeness (QED) is 0.927. The highest BCUT2D eigenvalue weighted by molar-refractivity contribution is 7.15. The molecule has 0 bridgehead atoms. The van der Waals surface area contributed by atoms with Crippen LogP contribution in [0.1, 0.15) is 10.4 Å². The van der Waals surface area contributed by atoms with Crippen molar-refractivity contribution in [1.82, 2.24) is 4.98 Å². The molecule has 1 aromatic heterocycles. The van der Waals surface area contributed by atoms with E-state index in [0.717, 1.165) is 10.6 Å². The van der Waals surface area contributed by atoms with E-state index >= 15 is 0 Å². The summed E-state index contributed by atoms with van der Waals surface area (Å²) in [7, 11) is 0. The Morgan fingerprint density at radius 1 is 1.41 bits per heavy atom. The maximum absolute atomic E-state index is 10.6. The van der Waals surface area contributed by atoms with E-state index in [2.05, 4.69) is 4.98 Å². The second-order valence-electron chi connectivity index (χ2n) is 3.67. The first kappa shape index (κ1) is 12.1. The fraction of sp³-hybridized carbons (Fsp3) is 0.167. The van der Waals surface area contributed by atoms with Crippen molar-refractivity contribution >= 4 is 28.9 Å². The van der Waals surface area contributed by atoms with Crippen molar-refractivity contribution in [3.63, 3.8) is 0 Å². The molecule has 0 atom stereocenters. The summed E-state index contributed by atoms with van der Waals surface area (Å²) < 4.78 is 0. The van der Waals surface area contributed by atoms with Gasteiger partial charge in [0.1, 0.15) is 10.2 Å². The summed E-state index contributed by atoms with van der Waals surface area (Å²) in [6.45, 7) is 2.01. The summed E-state index contributed by atoms with van der Waals surface area (Å²) >= 11 is 7.23. The number of carboxylic acids is 1. The number of benzene rings is 1. The Morgan fingerprint density at radius 2 is 2.06 bits per heavy atom. The Kier molecular flexibility index (Phi) is 3.45. The van der Waals surface area contributed by atoms with E-state index in [1.165, 1.54) is 16.9 Å². The van der Waals surface area contributed by atoms with Crippen LogP contribution in [-0.2, 0) is 11.2 Å². The Bertz CT molecular complexity index is 548. The molecule has 2 rings (SSSR count). The van der Waals surface area contributed by atoms with Crippen LogP contribution in [-0.4, -0.2) is 16.1 Å². The summed E-state index contributed by atoms with van der Waals surface area (Å²) in [6, 6.07) is 7.88. The Hall–Kier alpha value is -1.39. The standard InChI is InChI=1S/C12H10ClNO2S/c1-7-2-4-8(5-3-7)12-14-11(13)9(17-12)6-10(15)16/h2-5H,6H2,1H3,(H,15,16). The molecule has 17 heavy (non-hydrogen) atoms. The van der Waals surface area contributed by atoms with Gasteiger partial charge < -0.3 is 5.11 Å². The van der Waals surface area contributed by atoms with E-state index in [1.807, 2.05) is 31.2 Å². The minimum atomic E-state index is -0.897. The van der Waals surface area contributed by atoms with Crippen LogP contribution >= 0.6 is 22.9 Å². The summed E-state index contributed by atoms with van der Waals surface area (Å²) in [5.41, 5.74) is 2.13. The molecule has 1 N–H and O–H groups in total. The number of aromatic nitrogens is 1. The first-order valence-electron chi connectivity index (χ1n) is 5.00. The smallest absolute Gasteiger partial charge is 0.308 e. The SMILES string of the molecule is Cc1ccc(-c2nc(Cl)c(CC(=O)O)s2)cc1. The third kappa shape index (κ3) is 2.84. The maximum Gasteiger partial charge on any atom is 0.308 e. The Balaban J connectivity index is 2.34. The van der Waals surface area contributed by atoms with Gasteiger partial charge in [-0.15, -0.1) is 11.3 Å². The van der Waals surface area contributed by atoms with Crippen molar-refractivity contribution in [3.8, 4) is 10.6 Å². The molecule has 0 fully saturated rings. The Labute approximate surface area is 108 Å². The number of hydrogen-bond donors (Lipinski definition) is 1. The fourth-order valence-electron chi connectivity index (χ4n) is 1.40. The molecule has 0 spiro atoms. The van der Waals surface area contributed by atoms with Gasteiger partial charge in [-0.3, -0.25) is 4.79 Å². The summed E-state index contributed by atoms with van der Waals surface area (Å²) in [6.07, 6.45) is -0.0810.